The van der Waals surface area contributed by atoms with Crippen molar-refractivity contribution in [2.75, 3.05) is 74.7 Å². The summed E-state index contributed by atoms with van der Waals surface area (Å²) in [5.41, 5.74) is 7.56. The number of ether oxygens (including phenoxy) is 7. The van der Waals surface area contributed by atoms with Crippen LogP contribution in [0.15, 0.2) is 72.0 Å². The third kappa shape index (κ3) is 5.93. The van der Waals surface area contributed by atoms with E-state index in [0.29, 0.717) is 46.2 Å². The van der Waals surface area contributed by atoms with Crippen molar-refractivity contribution in [3.05, 3.63) is 94.2 Å². The van der Waals surface area contributed by atoms with Gasteiger partial charge in [0.15, 0.2) is 0 Å². The van der Waals surface area contributed by atoms with Crippen LogP contribution in [-0.4, -0.2) is 88.4 Å². The first-order chi connectivity index (χ1) is 20.1. The number of fused-ring (bicyclic) bond motifs is 2. The lowest BCUT2D eigenvalue weighted by molar-refractivity contribution is -0.311. The molecule has 0 bridgehead atoms. The van der Waals surface area contributed by atoms with Crippen molar-refractivity contribution in [3.8, 4) is 0 Å². The molecular weight excluding hydrogens is 536 g/mol. The van der Waals surface area contributed by atoms with Crippen molar-refractivity contribution >= 4 is 20.2 Å². The maximum Gasteiger partial charge on any atom is 0.262 e. The third-order valence-corrected chi connectivity index (χ3v) is 13.7. The summed E-state index contributed by atoms with van der Waals surface area (Å²) >= 11 is 0. The summed E-state index contributed by atoms with van der Waals surface area (Å²) in [6.07, 6.45) is 4.50. The van der Waals surface area contributed by atoms with Crippen LogP contribution in [0.3, 0.4) is 0 Å². The number of hydrogen-bond donors (Lipinski definition) is 0. The zero-order chi connectivity index (χ0) is 29.3. The van der Waals surface area contributed by atoms with Gasteiger partial charge in [-0.2, -0.15) is 0 Å². The lowest BCUT2D eigenvalue weighted by Gasteiger charge is -2.52. The highest BCUT2D eigenvalue weighted by atomic mass is 28.3. The van der Waals surface area contributed by atoms with Gasteiger partial charge in [0.05, 0.1) is 39.6 Å². The Kier molecular flexibility index (Phi) is 11.3. The summed E-state index contributed by atoms with van der Waals surface area (Å²) in [7, 11) is 3.47. The van der Waals surface area contributed by atoms with Crippen LogP contribution in [0.5, 0.6) is 0 Å². The molecule has 0 aromatic heterocycles. The van der Waals surface area contributed by atoms with Crippen molar-refractivity contribution in [3.63, 3.8) is 0 Å². The normalized spacial score (nSPS) is 19.3. The molecule has 2 aliphatic carbocycles. The van der Waals surface area contributed by atoms with Crippen LogP contribution in [0.25, 0.3) is 12.2 Å². The topological polar surface area (TPSA) is 64.6 Å². The SMILES string of the molecule is C=C[Si](C1C(COCCOC)=Cc2ccccc21)(C1C(COCCOC)=Cc2ccccc21)C(OC)(OC)OCC. The van der Waals surface area contributed by atoms with E-state index in [1.54, 1.807) is 28.4 Å². The van der Waals surface area contributed by atoms with Crippen LogP contribution in [0.4, 0.5) is 0 Å². The Morgan fingerprint density at radius 1 is 0.732 bits per heavy atom. The number of rotatable bonds is 18. The van der Waals surface area contributed by atoms with Gasteiger partial charge in [-0.25, -0.2) is 0 Å². The van der Waals surface area contributed by atoms with Crippen LogP contribution in [0.1, 0.15) is 40.3 Å². The van der Waals surface area contributed by atoms with Crippen LogP contribution in [0, 0.1) is 0 Å². The van der Waals surface area contributed by atoms with E-state index < -0.39 is 13.7 Å². The monoisotopic (exact) mass is 580 g/mol. The van der Waals surface area contributed by atoms with E-state index in [1.807, 2.05) is 6.92 Å². The van der Waals surface area contributed by atoms with E-state index in [9.17, 15) is 0 Å². The first-order valence-corrected chi connectivity index (χ1v) is 16.4. The lowest BCUT2D eigenvalue weighted by atomic mass is 10.1. The van der Waals surface area contributed by atoms with E-state index in [-0.39, 0.29) is 11.1 Å². The highest BCUT2D eigenvalue weighted by Gasteiger charge is 2.67. The Morgan fingerprint density at radius 2 is 1.20 bits per heavy atom. The third-order valence-electron chi connectivity index (χ3n) is 8.13. The molecule has 0 spiro atoms. The van der Waals surface area contributed by atoms with Crippen LogP contribution < -0.4 is 0 Å². The minimum atomic E-state index is -3.23. The number of benzene rings is 2. The Hall–Kier alpha value is -2.40. The maximum atomic E-state index is 6.59. The Labute approximate surface area is 245 Å². The molecule has 0 fully saturated rings. The van der Waals surface area contributed by atoms with Gasteiger partial charge >= 0.3 is 0 Å². The molecule has 4 rings (SSSR count). The number of methoxy groups -OCH3 is 4. The lowest BCUT2D eigenvalue weighted by Crippen LogP contribution is -2.69. The Morgan fingerprint density at radius 3 is 1.59 bits per heavy atom. The van der Waals surface area contributed by atoms with Crippen molar-refractivity contribution in [1.29, 1.82) is 0 Å². The summed E-state index contributed by atoms with van der Waals surface area (Å²) < 4.78 is 42.2. The molecule has 2 atom stereocenters. The van der Waals surface area contributed by atoms with E-state index in [4.69, 9.17) is 33.2 Å². The van der Waals surface area contributed by atoms with Crippen molar-refractivity contribution in [1.82, 2.24) is 0 Å². The van der Waals surface area contributed by atoms with E-state index in [1.165, 1.54) is 11.1 Å². The summed E-state index contributed by atoms with van der Waals surface area (Å²) in [5.74, 6) is 0. The van der Waals surface area contributed by atoms with Crippen LogP contribution >= 0.6 is 0 Å². The van der Waals surface area contributed by atoms with E-state index in [2.05, 4.69) is 73.0 Å². The molecule has 8 heteroatoms. The molecular formula is C33H44O7Si. The van der Waals surface area contributed by atoms with Gasteiger partial charge in [0.25, 0.3) is 5.60 Å². The number of hydrogen-bond acceptors (Lipinski definition) is 7. The summed E-state index contributed by atoms with van der Waals surface area (Å²) in [6.45, 7) is 9.84. The molecule has 41 heavy (non-hydrogen) atoms. The first kappa shape index (κ1) is 31.5. The summed E-state index contributed by atoms with van der Waals surface area (Å²) in [6, 6.07) is 17.0. The molecule has 0 amide bonds. The molecule has 0 N–H and O–H groups in total. The second kappa shape index (κ2) is 14.7. The molecule has 222 valence electrons. The molecule has 0 radical (unpaired) electrons. The smallest absolute Gasteiger partial charge is 0.262 e. The predicted octanol–water partition coefficient (Wildman–Crippen LogP) is 5.45. The molecule has 0 heterocycles. The molecule has 0 saturated heterocycles. The summed E-state index contributed by atoms with van der Waals surface area (Å²) in [4.78, 5) is 0. The van der Waals surface area contributed by atoms with Gasteiger partial charge in [-0.05, 0) is 40.3 Å². The quantitative estimate of drug-likeness (QED) is 0.132. The first-order valence-electron chi connectivity index (χ1n) is 14.2. The van der Waals surface area contributed by atoms with Gasteiger partial charge in [0.1, 0.15) is 0 Å². The Bertz CT molecular complexity index is 1140. The zero-order valence-corrected chi connectivity index (χ0v) is 26.0. The largest absolute Gasteiger partial charge is 0.382 e. The van der Waals surface area contributed by atoms with E-state index >= 15 is 0 Å². The summed E-state index contributed by atoms with van der Waals surface area (Å²) in [5, 5.41) is 0. The van der Waals surface area contributed by atoms with Gasteiger partial charge in [0, 0.05) is 46.1 Å². The fourth-order valence-corrected chi connectivity index (χ4v) is 12.5. The van der Waals surface area contributed by atoms with Crippen LogP contribution in [0.2, 0.25) is 0 Å². The average Bonchev–Trinajstić information content (AvgIpc) is 3.56. The van der Waals surface area contributed by atoms with Gasteiger partial charge in [-0.3, -0.25) is 0 Å². The fraction of sp³-hybridized carbons (Fsp3) is 0.455. The second-order valence-corrected chi connectivity index (χ2v) is 14.2. The maximum absolute atomic E-state index is 6.59. The van der Waals surface area contributed by atoms with Gasteiger partial charge in [-0.1, -0.05) is 66.4 Å². The molecule has 7 nitrogen and oxygen atoms in total. The minimum Gasteiger partial charge on any atom is -0.382 e. The van der Waals surface area contributed by atoms with E-state index in [0.717, 1.165) is 22.3 Å². The Balaban J connectivity index is 1.96. The zero-order valence-electron chi connectivity index (χ0n) is 25.0. The highest BCUT2D eigenvalue weighted by Crippen LogP contribution is 2.57. The average molecular weight is 581 g/mol. The van der Waals surface area contributed by atoms with Gasteiger partial charge in [-0.15, -0.1) is 6.58 Å². The molecule has 2 aromatic carbocycles. The van der Waals surface area contributed by atoms with Crippen LogP contribution in [-0.2, 0) is 33.2 Å². The molecule has 0 saturated carbocycles. The predicted molar refractivity (Wildman–Crippen MR) is 164 cm³/mol. The molecule has 0 aliphatic heterocycles. The van der Waals surface area contributed by atoms with Crippen molar-refractivity contribution in [2.45, 2.75) is 23.6 Å². The standard InChI is InChI=1S/C33H44O7Si/c1-7-40-33(36-5,37-6)41(8-2,31-27(23-38-19-17-34-3)21-25-13-9-11-15-29(25)31)32-28(24-39-20-18-35-4)22-26-14-10-12-16-30(26)32/h8-16,21-22,31-32H,2,7,17-20,23-24H2,1,3-6H3. The second-order valence-electron chi connectivity index (χ2n) is 10.2. The van der Waals surface area contributed by atoms with Gasteiger partial charge in [0.2, 0.25) is 8.07 Å². The molecule has 2 aromatic rings. The highest BCUT2D eigenvalue weighted by molar-refractivity contribution is 6.90. The fourth-order valence-electron chi connectivity index (χ4n) is 6.57. The van der Waals surface area contributed by atoms with Gasteiger partial charge < -0.3 is 33.2 Å². The minimum absolute atomic E-state index is 0.108. The van der Waals surface area contributed by atoms with Crippen molar-refractivity contribution < 1.29 is 33.2 Å². The van der Waals surface area contributed by atoms with Crippen molar-refractivity contribution in [2.24, 2.45) is 0 Å². The molecule has 2 aliphatic rings. The molecule has 2 unspecified atom stereocenters.